The van der Waals surface area contributed by atoms with E-state index in [9.17, 15) is 4.79 Å². The number of hydrogen-bond donors (Lipinski definition) is 1. The molecule has 1 aromatic carbocycles. The highest BCUT2D eigenvalue weighted by Gasteiger charge is 2.16. The summed E-state index contributed by atoms with van der Waals surface area (Å²) in [5, 5.41) is 11.4. The minimum Gasteiger partial charge on any atom is -0.266 e. The van der Waals surface area contributed by atoms with Crippen molar-refractivity contribution in [2.45, 2.75) is 6.92 Å². The fourth-order valence-corrected chi connectivity index (χ4v) is 3.48. The van der Waals surface area contributed by atoms with Crippen LogP contribution >= 0.6 is 22.9 Å². The summed E-state index contributed by atoms with van der Waals surface area (Å²) in [4.78, 5) is 21.6. The monoisotopic (exact) mass is 329 g/mol. The van der Waals surface area contributed by atoms with Crippen LogP contribution in [0.4, 0.5) is 0 Å². The fraction of sp³-hybridized carbons (Fsp3) is 0.0714. The quantitative estimate of drug-likeness (QED) is 0.580. The largest absolute Gasteiger partial charge is 0.285 e. The Morgan fingerprint density at radius 3 is 2.73 bits per heavy atom. The van der Waals surface area contributed by atoms with Crippen LogP contribution in [0.15, 0.2) is 29.1 Å². The first-order valence-corrected chi connectivity index (χ1v) is 7.61. The lowest BCUT2D eigenvalue weighted by molar-refractivity contribution is 0.876. The molecule has 4 rings (SSSR count). The third-order valence-electron chi connectivity index (χ3n) is 3.32. The van der Waals surface area contributed by atoms with Gasteiger partial charge < -0.3 is 0 Å². The Bertz CT molecular complexity index is 1070. The number of aryl methyl sites for hydroxylation is 1. The molecular formula is C14H8ClN5OS. The van der Waals surface area contributed by atoms with Gasteiger partial charge in [0, 0.05) is 10.6 Å². The maximum Gasteiger partial charge on any atom is 0.285 e. The molecular weight excluding hydrogens is 322 g/mol. The van der Waals surface area contributed by atoms with Crippen molar-refractivity contribution in [3.63, 3.8) is 0 Å². The molecule has 0 aliphatic heterocycles. The number of nitrogens with zero attached hydrogens (tertiary/aromatic N) is 4. The summed E-state index contributed by atoms with van der Waals surface area (Å²) in [7, 11) is 0. The van der Waals surface area contributed by atoms with Crippen molar-refractivity contribution < 1.29 is 0 Å². The molecule has 108 valence electrons. The lowest BCUT2D eigenvalue weighted by Crippen LogP contribution is -2.07. The summed E-state index contributed by atoms with van der Waals surface area (Å²) in [6, 6.07) is 7.31. The van der Waals surface area contributed by atoms with Gasteiger partial charge in [0.2, 0.25) is 0 Å². The highest BCUT2D eigenvalue weighted by molar-refractivity contribution is 7.25. The second-order valence-corrected chi connectivity index (χ2v) is 6.18. The van der Waals surface area contributed by atoms with Crippen LogP contribution in [0.5, 0.6) is 0 Å². The van der Waals surface area contributed by atoms with Gasteiger partial charge in [0.05, 0.1) is 11.1 Å². The smallest absolute Gasteiger partial charge is 0.266 e. The SMILES string of the molecule is Cc1nc(-c2ccc(Cl)cc2)nc2sc3c(=O)[nH]nnc3c12. The van der Waals surface area contributed by atoms with E-state index in [4.69, 9.17) is 11.6 Å². The fourth-order valence-electron chi connectivity index (χ4n) is 2.30. The molecule has 22 heavy (non-hydrogen) atoms. The summed E-state index contributed by atoms with van der Waals surface area (Å²) < 4.78 is 0.510. The third kappa shape index (κ3) is 1.98. The molecule has 0 amide bonds. The van der Waals surface area contributed by atoms with Gasteiger partial charge in [0.25, 0.3) is 5.56 Å². The maximum absolute atomic E-state index is 11.8. The Morgan fingerprint density at radius 2 is 1.95 bits per heavy atom. The zero-order chi connectivity index (χ0) is 15.3. The van der Waals surface area contributed by atoms with Crippen molar-refractivity contribution in [1.29, 1.82) is 0 Å². The molecule has 8 heteroatoms. The molecule has 0 saturated carbocycles. The Balaban J connectivity index is 2.04. The van der Waals surface area contributed by atoms with E-state index in [0.29, 0.717) is 21.1 Å². The zero-order valence-corrected chi connectivity index (χ0v) is 12.9. The summed E-state index contributed by atoms with van der Waals surface area (Å²) in [6.45, 7) is 1.87. The van der Waals surface area contributed by atoms with Crippen molar-refractivity contribution in [3.05, 3.63) is 45.3 Å². The van der Waals surface area contributed by atoms with Crippen molar-refractivity contribution in [1.82, 2.24) is 25.4 Å². The predicted molar refractivity (Wildman–Crippen MR) is 86.3 cm³/mol. The second kappa shape index (κ2) is 4.82. The van der Waals surface area contributed by atoms with Gasteiger partial charge in [-0.25, -0.2) is 15.1 Å². The molecule has 0 bridgehead atoms. The molecule has 0 saturated heterocycles. The summed E-state index contributed by atoms with van der Waals surface area (Å²) >= 11 is 7.20. The lowest BCUT2D eigenvalue weighted by Gasteiger charge is -2.03. The summed E-state index contributed by atoms with van der Waals surface area (Å²) in [5.74, 6) is 0.595. The number of fused-ring (bicyclic) bond motifs is 3. The van der Waals surface area contributed by atoms with E-state index in [1.165, 1.54) is 11.3 Å². The van der Waals surface area contributed by atoms with Crippen LogP contribution in [-0.4, -0.2) is 25.4 Å². The van der Waals surface area contributed by atoms with Crippen LogP contribution in [0.2, 0.25) is 5.02 Å². The highest BCUT2D eigenvalue weighted by atomic mass is 35.5. The van der Waals surface area contributed by atoms with Crippen LogP contribution < -0.4 is 5.56 Å². The molecule has 0 radical (unpaired) electrons. The van der Waals surface area contributed by atoms with Crippen LogP contribution in [-0.2, 0) is 0 Å². The van der Waals surface area contributed by atoms with Gasteiger partial charge in [-0.3, -0.25) is 4.79 Å². The highest BCUT2D eigenvalue weighted by Crippen LogP contribution is 2.32. The minimum atomic E-state index is -0.263. The number of hydrogen-bond acceptors (Lipinski definition) is 6. The molecule has 1 N–H and O–H groups in total. The number of benzene rings is 1. The van der Waals surface area contributed by atoms with E-state index in [1.807, 2.05) is 19.1 Å². The molecule has 0 spiro atoms. The molecule has 3 heterocycles. The number of halogens is 1. The van der Waals surface area contributed by atoms with E-state index in [2.05, 4.69) is 25.4 Å². The Kier molecular flexibility index (Phi) is 2.91. The molecule has 0 aliphatic rings. The van der Waals surface area contributed by atoms with Crippen LogP contribution in [0, 0.1) is 6.92 Å². The topological polar surface area (TPSA) is 84.4 Å². The normalized spacial score (nSPS) is 11.4. The van der Waals surface area contributed by atoms with E-state index in [-0.39, 0.29) is 5.56 Å². The number of nitrogens with one attached hydrogen (secondary N) is 1. The number of H-pyrrole nitrogens is 1. The van der Waals surface area contributed by atoms with Crippen molar-refractivity contribution in [2.24, 2.45) is 0 Å². The van der Waals surface area contributed by atoms with E-state index in [1.54, 1.807) is 12.1 Å². The van der Waals surface area contributed by atoms with Gasteiger partial charge in [-0.05, 0) is 31.2 Å². The molecule has 0 fully saturated rings. The Hall–Kier alpha value is -2.38. The molecule has 0 aliphatic carbocycles. The Morgan fingerprint density at radius 1 is 1.18 bits per heavy atom. The molecule has 4 aromatic rings. The average Bonchev–Trinajstić information content (AvgIpc) is 2.88. The van der Waals surface area contributed by atoms with Gasteiger partial charge in [-0.15, -0.1) is 16.4 Å². The van der Waals surface area contributed by atoms with E-state index < -0.39 is 0 Å². The van der Waals surface area contributed by atoms with Crippen molar-refractivity contribution >= 4 is 43.4 Å². The van der Waals surface area contributed by atoms with Gasteiger partial charge in [0.15, 0.2) is 5.82 Å². The first-order valence-electron chi connectivity index (χ1n) is 6.41. The maximum atomic E-state index is 11.8. The third-order valence-corrected chi connectivity index (χ3v) is 4.64. The predicted octanol–water partition coefficient (Wildman–Crippen LogP) is 2.95. The second-order valence-electron chi connectivity index (χ2n) is 4.74. The number of thiophene rings is 1. The number of aromatic amines is 1. The average molecular weight is 330 g/mol. The zero-order valence-electron chi connectivity index (χ0n) is 11.3. The molecule has 0 atom stereocenters. The van der Waals surface area contributed by atoms with E-state index >= 15 is 0 Å². The molecule has 0 unspecified atom stereocenters. The van der Waals surface area contributed by atoms with Crippen molar-refractivity contribution in [2.75, 3.05) is 0 Å². The van der Waals surface area contributed by atoms with Crippen molar-refractivity contribution in [3.8, 4) is 11.4 Å². The van der Waals surface area contributed by atoms with Crippen LogP contribution in [0.1, 0.15) is 5.69 Å². The number of aromatic nitrogens is 5. The lowest BCUT2D eigenvalue weighted by atomic mass is 10.2. The van der Waals surface area contributed by atoms with Gasteiger partial charge in [-0.1, -0.05) is 16.8 Å². The summed E-state index contributed by atoms with van der Waals surface area (Å²) in [6.07, 6.45) is 0. The first kappa shape index (κ1) is 13.3. The van der Waals surface area contributed by atoms with Crippen LogP contribution in [0.3, 0.4) is 0 Å². The van der Waals surface area contributed by atoms with E-state index in [0.717, 1.165) is 21.5 Å². The molecule has 3 aromatic heterocycles. The van der Waals surface area contributed by atoms with Gasteiger partial charge >= 0.3 is 0 Å². The number of rotatable bonds is 1. The standard InChI is InChI=1S/C14H8ClN5OS/c1-6-9-10-11(13(21)19-20-18-10)22-14(9)17-12(16-6)7-2-4-8(15)5-3-7/h2-5H,1H3,(H,18,19,21). The van der Waals surface area contributed by atoms with Gasteiger partial charge in [0.1, 0.15) is 15.0 Å². The van der Waals surface area contributed by atoms with Crippen LogP contribution in [0.25, 0.3) is 31.8 Å². The minimum absolute atomic E-state index is 0.263. The van der Waals surface area contributed by atoms with Gasteiger partial charge in [-0.2, -0.15) is 0 Å². The molecule has 6 nitrogen and oxygen atoms in total. The Labute approximate surface area is 132 Å². The first-order chi connectivity index (χ1) is 10.6. The summed E-state index contributed by atoms with van der Waals surface area (Å²) in [5.41, 5.74) is 1.91.